The van der Waals surface area contributed by atoms with Crippen LogP contribution in [0.15, 0.2) is 0 Å². The first kappa shape index (κ1) is 7.78. The van der Waals surface area contributed by atoms with E-state index in [2.05, 4.69) is 0 Å². The van der Waals surface area contributed by atoms with E-state index in [-0.39, 0.29) is 5.91 Å². The normalized spacial score (nSPS) is 8.88. The Morgan fingerprint density at radius 2 is 2.38 bits per heavy atom. The monoisotopic (exact) mass is 134 g/mol. The number of hydrogen-bond acceptors (Lipinski definition) is 3. The molecule has 0 saturated carbocycles. The summed E-state index contributed by atoms with van der Waals surface area (Å²) in [5, 5.41) is 5.07. The molecule has 0 fully saturated rings. The van der Waals surface area contributed by atoms with Crippen LogP contribution in [0.1, 0.15) is 13.3 Å². The number of amides is 1. The van der Waals surface area contributed by atoms with Crippen molar-refractivity contribution in [3.8, 4) is 0 Å². The molecule has 0 saturated heterocycles. The van der Waals surface area contributed by atoms with Gasteiger partial charge in [-0.3, -0.25) is 14.2 Å². The van der Waals surface area contributed by atoms with E-state index in [1.54, 1.807) is 14.0 Å². The summed E-state index contributed by atoms with van der Waals surface area (Å²) in [6.07, 6.45) is 0.515. The molecule has 0 heterocycles. The maximum Gasteiger partial charge on any atom is 0.232 e. The molecule has 0 unspecified atom stereocenters. The van der Waals surface area contributed by atoms with Crippen molar-refractivity contribution in [2.24, 2.45) is 5.14 Å². The van der Waals surface area contributed by atoms with Crippen LogP contribution in [0.3, 0.4) is 0 Å². The quantitative estimate of drug-likeness (QED) is 0.555. The highest BCUT2D eigenvalue weighted by molar-refractivity contribution is 7.95. The van der Waals surface area contributed by atoms with Crippen molar-refractivity contribution in [2.75, 3.05) is 7.05 Å². The molecular weight excluding hydrogens is 124 g/mol. The Kier molecular flexibility index (Phi) is 3.64. The fourth-order valence-corrected chi connectivity index (χ4v) is 0.528. The molecular formula is C4H10N2OS. The Morgan fingerprint density at radius 1 is 1.88 bits per heavy atom. The summed E-state index contributed by atoms with van der Waals surface area (Å²) in [5.41, 5.74) is 0. The molecule has 0 spiro atoms. The average Bonchev–Trinajstić information content (AvgIpc) is 1.84. The first-order valence-electron chi connectivity index (χ1n) is 2.35. The van der Waals surface area contributed by atoms with E-state index >= 15 is 0 Å². The second-order valence-corrected chi connectivity index (χ2v) is 2.11. The summed E-state index contributed by atoms with van der Waals surface area (Å²) in [6, 6.07) is 0. The van der Waals surface area contributed by atoms with Crippen LogP contribution >= 0.6 is 12.1 Å². The van der Waals surface area contributed by atoms with Crippen molar-refractivity contribution in [1.29, 1.82) is 0 Å². The van der Waals surface area contributed by atoms with Crippen LogP contribution in [0.2, 0.25) is 0 Å². The summed E-state index contributed by atoms with van der Waals surface area (Å²) in [6.45, 7) is 1.80. The van der Waals surface area contributed by atoms with Crippen molar-refractivity contribution >= 4 is 18.0 Å². The van der Waals surface area contributed by atoms with E-state index in [0.29, 0.717) is 6.42 Å². The van der Waals surface area contributed by atoms with Gasteiger partial charge in [0, 0.05) is 25.6 Å². The average molecular weight is 134 g/mol. The van der Waals surface area contributed by atoms with Crippen molar-refractivity contribution in [1.82, 2.24) is 4.31 Å². The first-order chi connectivity index (χ1) is 3.72. The highest BCUT2D eigenvalue weighted by Crippen LogP contribution is 1.97. The van der Waals surface area contributed by atoms with Gasteiger partial charge in [-0.2, -0.15) is 0 Å². The van der Waals surface area contributed by atoms with Gasteiger partial charge in [0.2, 0.25) is 5.91 Å². The second-order valence-electron chi connectivity index (χ2n) is 1.35. The Bertz CT molecular complexity index is 86.1. The molecule has 0 atom stereocenters. The molecule has 8 heavy (non-hydrogen) atoms. The minimum Gasteiger partial charge on any atom is -0.277 e. The van der Waals surface area contributed by atoms with Crippen LogP contribution < -0.4 is 5.14 Å². The van der Waals surface area contributed by atoms with Gasteiger partial charge in [0.1, 0.15) is 0 Å². The van der Waals surface area contributed by atoms with E-state index in [0.717, 1.165) is 12.1 Å². The lowest BCUT2D eigenvalue weighted by Gasteiger charge is -2.09. The van der Waals surface area contributed by atoms with Gasteiger partial charge in [-0.25, -0.2) is 0 Å². The second kappa shape index (κ2) is 3.74. The van der Waals surface area contributed by atoms with Gasteiger partial charge in [0.25, 0.3) is 0 Å². The summed E-state index contributed by atoms with van der Waals surface area (Å²) < 4.78 is 1.40. The first-order valence-corrected chi connectivity index (χ1v) is 3.19. The van der Waals surface area contributed by atoms with Gasteiger partial charge in [0.15, 0.2) is 0 Å². The number of carbonyl (C=O) groups excluding carboxylic acids is 1. The van der Waals surface area contributed by atoms with Crippen molar-refractivity contribution in [3.63, 3.8) is 0 Å². The molecule has 0 aromatic heterocycles. The van der Waals surface area contributed by atoms with Crippen LogP contribution in [-0.4, -0.2) is 17.3 Å². The largest absolute Gasteiger partial charge is 0.277 e. The Balaban J connectivity index is 3.46. The topological polar surface area (TPSA) is 46.3 Å². The molecule has 0 bridgehead atoms. The molecule has 1 amide bonds. The minimum atomic E-state index is 0.0532. The van der Waals surface area contributed by atoms with Crippen molar-refractivity contribution in [2.45, 2.75) is 13.3 Å². The van der Waals surface area contributed by atoms with Gasteiger partial charge in [-0.05, 0) is 0 Å². The van der Waals surface area contributed by atoms with Gasteiger partial charge < -0.3 is 0 Å². The number of rotatable bonds is 2. The van der Waals surface area contributed by atoms with E-state index in [1.807, 2.05) is 0 Å². The summed E-state index contributed by atoms with van der Waals surface area (Å²) in [4.78, 5) is 10.6. The van der Waals surface area contributed by atoms with E-state index in [9.17, 15) is 4.79 Å². The van der Waals surface area contributed by atoms with Crippen LogP contribution in [0.5, 0.6) is 0 Å². The van der Waals surface area contributed by atoms with Gasteiger partial charge >= 0.3 is 0 Å². The van der Waals surface area contributed by atoms with Crippen molar-refractivity contribution < 1.29 is 4.79 Å². The predicted molar refractivity (Wildman–Crippen MR) is 34.8 cm³/mol. The summed E-state index contributed by atoms with van der Waals surface area (Å²) in [7, 11) is 1.65. The van der Waals surface area contributed by atoms with Gasteiger partial charge in [-0.15, -0.1) is 0 Å². The van der Waals surface area contributed by atoms with E-state index < -0.39 is 0 Å². The van der Waals surface area contributed by atoms with Gasteiger partial charge in [-0.1, -0.05) is 6.92 Å². The lowest BCUT2D eigenvalue weighted by Crippen LogP contribution is -2.19. The predicted octanol–water partition coefficient (Wildman–Crippen LogP) is 0.377. The van der Waals surface area contributed by atoms with Crippen LogP contribution in [0.25, 0.3) is 0 Å². The van der Waals surface area contributed by atoms with E-state index in [4.69, 9.17) is 5.14 Å². The zero-order chi connectivity index (χ0) is 6.57. The number of nitrogens with two attached hydrogens (primary N) is 1. The fraction of sp³-hybridized carbons (Fsp3) is 0.750. The third-order valence-electron chi connectivity index (χ3n) is 0.812. The highest BCUT2D eigenvalue weighted by Gasteiger charge is 2.01. The molecule has 2 N–H and O–H groups in total. The molecule has 0 rings (SSSR count). The lowest BCUT2D eigenvalue weighted by molar-refractivity contribution is -0.124. The maximum atomic E-state index is 10.6. The SMILES string of the molecule is CCC(=O)N(C)SN. The minimum absolute atomic E-state index is 0.0532. The molecule has 0 radical (unpaired) electrons. The molecule has 4 heteroatoms. The number of carbonyl (C=O) groups is 1. The Hall–Kier alpha value is -0.220. The van der Waals surface area contributed by atoms with Gasteiger partial charge in [0.05, 0.1) is 0 Å². The molecule has 0 aliphatic carbocycles. The third kappa shape index (κ3) is 2.18. The molecule has 0 aliphatic heterocycles. The van der Waals surface area contributed by atoms with Crippen LogP contribution in [-0.2, 0) is 4.79 Å². The fourth-order valence-electron chi connectivity index (χ4n) is 0.281. The summed E-state index contributed by atoms with van der Waals surface area (Å²) >= 11 is 0.941. The number of nitrogens with zero attached hydrogens (tertiary/aromatic N) is 1. The Labute approximate surface area is 53.5 Å². The molecule has 0 aromatic carbocycles. The van der Waals surface area contributed by atoms with E-state index in [1.165, 1.54) is 4.31 Å². The van der Waals surface area contributed by atoms with Crippen molar-refractivity contribution in [3.05, 3.63) is 0 Å². The maximum absolute atomic E-state index is 10.6. The molecule has 0 aliphatic rings. The van der Waals surface area contributed by atoms with Crippen LogP contribution in [0, 0.1) is 0 Å². The molecule has 3 nitrogen and oxygen atoms in total. The zero-order valence-corrected chi connectivity index (χ0v) is 5.86. The zero-order valence-electron chi connectivity index (χ0n) is 5.05. The third-order valence-corrected chi connectivity index (χ3v) is 1.33. The summed E-state index contributed by atoms with van der Waals surface area (Å²) in [5.74, 6) is 0.0532. The lowest BCUT2D eigenvalue weighted by atomic mass is 10.5. The smallest absolute Gasteiger partial charge is 0.232 e. The highest BCUT2D eigenvalue weighted by atomic mass is 32.2. The molecule has 0 aromatic rings. The Morgan fingerprint density at radius 3 is 2.50 bits per heavy atom. The molecule has 48 valence electrons. The van der Waals surface area contributed by atoms with Crippen LogP contribution in [0.4, 0.5) is 0 Å². The number of hydrogen-bond donors (Lipinski definition) is 1. The standard InChI is InChI=1S/C4H10N2OS/c1-3-4(7)6(2)8-5/h3,5H2,1-2H3.